The van der Waals surface area contributed by atoms with Gasteiger partial charge in [0.25, 0.3) is 0 Å². The summed E-state index contributed by atoms with van der Waals surface area (Å²) < 4.78 is 0. The van der Waals surface area contributed by atoms with Crippen LogP contribution < -0.4 is 10.2 Å². The highest BCUT2D eigenvalue weighted by Gasteiger charge is 2.17. The first kappa shape index (κ1) is 16.3. The molecule has 0 spiro atoms. The zero-order chi connectivity index (χ0) is 15.1. The summed E-state index contributed by atoms with van der Waals surface area (Å²) in [6, 6.07) is 4.53. The summed E-state index contributed by atoms with van der Waals surface area (Å²) in [5.41, 5.74) is 2.59. The van der Waals surface area contributed by atoms with Crippen molar-refractivity contribution in [3.05, 3.63) is 23.4 Å². The Morgan fingerprint density at radius 1 is 1.19 bits per heavy atom. The van der Waals surface area contributed by atoms with E-state index in [-0.39, 0.29) is 0 Å². The molecule has 1 fully saturated rings. The summed E-state index contributed by atoms with van der Waals surface area (Å²) >= 11 is 0. The predicted molar refractivity (Wildman–Crippen MR) is 90.8 cm³/mol. The molecule has 2 heterocycles. The van der Waals surface area contributed by atoms with Crippen LogP contribution in [0.1, 0.15) is 57.7 Å². The standard InChI is InChI=1S/C18H31N3/c1-4-15-8-7-10-21(11-9-15)18-13-16(14-19-6-3)12-17(5-2)20-18/h12-13,15,19H,4-11,14H2,1-3H3. The van der Waals surface area contributed by atoms with Crippen molar-refractivity contribution in [3.63, 3.8) is 0 Å². The second-order valence-corrected chi connectivity index (χ2v) is 6.15. The van der Waals surface area contributed by atoms with Crippen LogP contribution in [0.5, 0.6) is 0 Å². The third kappa shape index (κ3) is 4.70. The molecule has 2 rings (SSSR count). The predicted octanol–water partition coefficient (Wildman–Crippen LogP) is 3.77. The zero-order valence-corrected chi connectivity index (χ0v) is 14.0. The van der Waals surface area contributed by atoms with Gasteiger partial charge in [0.1, 0.15) is 5.82 Å². The molecular formula is C18H31N3. The van der Waals surface area contributed by atoms with Crippen LogP contribution in [0.3, 0.4) is 0 Å². The average Bonchev–Trinajstić information content (AvgIpc) is 2.78. The molecule has 1 N–H and O–H groups in total. The summed E-state index contributed by atoms with van der Waals surface area (Å²) in [6.45, 7) is 11.0. The van der Waals surface area contributed by atoms with E-state index in [2.05, 4.69) is 43.1 Å². The van der Waals surface area contributed by atoms with Gasteiger partial charge in [0.15, 0.2) is 0 Å². The molecule has 21 heavy (non-hydrogen) atoms. The van der Waals surface area contributed by atoms with Crippen LogP contribution in [0, 0.1) is 5.92 Å². The Morgan fingerprint density at radius 3 is 2.76 bits per heavy atom. The number of rotatable bonds is 6. The summed E-state index contributed by atoms with van der Waals surface area (Å²) in [7, 11) is 0. The van der Waals surface area contributed by atoms with E-state index in [1.807, 2.05) is 0 Å². The number of hydrogen-bond donors (Lipinski definition) is 1. The number of nitrogens with one attached hydrogen (secondary N) is 1. The van der Waals surface area contributed by atoms with Crippen LogP contribution in [0.4, 0.5) is 5.82 Å². The van der Waals surface area contributed by atoms with E-state index >= 15 is 0 Å². The normalized spacial score (nSPS) is 19.6. The summed E-state index contributed by atoms with van der Waals surface area (Å²) in [4.78, 5) is 7.38. The molecule has 0 radical (unpaired) electrons. The van der Waals surface area contributed by atoms with Crippen molar-refractivity contribution in [2.24, 2.45) is 5.92 Å². The van der Waals surface area contributed by atoms with Crippen LogP contribution in [-0.4, -0.2) is 24.6 Å². The molecular weight excluding hydrogens is 258 g/mol. The fourth-order valence-corrected chi connectivity index (χ4v) is 3.15. The smallest absolute Gasteiger partial charge is 0.129 e. The molecule has 3 heteroatoms. The number of aromatic nitrogens is 1. The zero-order valence-electron chi connectivity index (χ0n) is 14.0. The van der Waals surface area contributed by atoms with Crippen molar-refractivity contribution in [1.82, 2.24) is 10.3 Å². The Bertz CT molecular complexity index is 430. The van der Waals surface area contributed by atoms with Crippen LogP contribution >= 0.6 is 0 Å². The van der Waals surface area contributed by atoms with Gasteiger partial charge in [0, 0.05) is 25.3 Å². The minimum Gasteiger partial charge on any atom is -0.357 e. The molecule has 0 aliphatic carbocycles. The molecule has 0 aromatic carbocycles. The average molecular weight is 289 g/mol. The van der Waals surface area contributed by atoms with E-state index in [1.54, 1.807) is 0 Å². The van der Waals surface area contributed by atoms with Gasteiger partial charge in [-0.25, -0.2) is 4.98 Å². The van der Waals surface area contributed by atoms with Gasteiger partial charge in [-0.3, -0.25) is 0 Å². The van der Waals surface area contributed by atoms with E-state index in [4.69, 9.17) is 4.98 Å². The second kappa shape index (κ2) is 8.38. The highest BCUT2D eigenvalue weighted by Crippen LogP contribution is 2.24. The van der Waals surface area contributed by atoms with Crippen LogP contribution in [0.15, 0.2) is 12.1 Å². The molecule has 1 aliphatic heterocycles. The van der Waals surface area contributed by atoms with Crippen LogP contribution in [-0.2, 0) is 13.0 Å². The molecule has 1 aromatic rings. The lowest BCUT2D eigenvalue weighted by Crippen LogP contribution is -2.26. The molecule has 0 saturated carbocycles. The molecule has 1 aromatic heterocycles. The number of aryl methyl sites for hydroxylation is 1. The van der Waals surface area contributed by atoms with Gasteiger partial charge in [-0.1, -0.05) is 27.2 Å². The van der Waals surface area contributed by atoms with Crippen LogP contribution in [0.25, 0.3) is 0 Å². The van der Waals surface area contributed by atoms with Gasteiger partial charge < -0.3 is 10.2 Å². The van der Waals surface area contributed by atoms with Gasteiger partial charge >= 0.3 is 0 Å². The van der Waals surface area contributed by atoms with E-state index in [0.29, 0.717) is 0 Å². The minimum absolute atomic E-state index is 0.908. The molecule has 1 saturated heterocycles. The van der Waals surface area contributed by atoms with Crippen LogP contribution in [0.2, 0.25) is 0 Å². The number of nitrogens with zero attached hydrogens (tertiary/aromatic N) is 2. The maximum atomic E-state index is 4.87. The van der Waals surface area contributed by atoms with Crippen molar-refractivity contribution >= 4 is 5.82 Å². The third-order valence-corrected chi connectivity index (χ3v) is 4.62. The fraction of sp³-hybridized carbons (Fsp3) is 0.722. The van der Waals surface area contributed by atoms with Gasteiger partial charge in [-0.05, 0) is 55.8 Å². The van der Waals surface area contributed by atoms with E-state index in [9.17, 15) is 0 Å². The van der Waals surface area contributed by atoms with Gasteiger partial charge in [-0.15, -0.1) is 0 Å². The molecule has 3 nitrogen and oxygen atoms in total. The lowest BCUT2D eigenvalue weighted by molar-refractivity contribution is 0.459. The van der Waals surface area contributed by atoms with Crippen molar-refractivity contribution in [3.8, 4) is 0 Å². The highest BCUT2D eigenvalue weighted by molar-refractivity contribution is 5.43. The van der Waals surface area contributed by atoms with Gasteiger partial charge in [-0.2, -0.15) is 0 Å². The summed E-state index contributed by atoms with van der Waals surface area (Å²) in [5, 5.41) is 3.43. The lowest BCUT2D eigenvalue weighted by Gasteiger charge is -2.23. The summed E-state index contributed by atoms with van der Waals surface area (Å²) in [5.74, 6) is 2.10. The number of pyridine rings is 1. The first-order valence-electron chi connectivity index (χ1n) is 8.72. The highest BCUT2D eigenvalue weighted by atomic mass is 15.2. The molecule has 1 unspecified atom stereocenters. The molecule has 1 atom stereocenters. The topological polar surface area (TPSA) is 28.2 Å². The van der Waals surface area contributed by atoms with E-state index in [1.165, 1.54) is 49.3 Å². The van der Waals surface area contributed by atoms with Crippen molar-refractivity contribution < 1.29 is 0 Å². The third-order valence-electron chi connectivity index (χ3n) is 4.62. The Hall–Kier alpha value is -1.09. The first-order valence-corrected chi connectivity index (χ1v) is 8.72. The molecule has 0 bridgehead atoms. The Balaban J connectivity index is 2.13. The maximum absolute atomic E-state index is 4.87. The summed E-state index contributed by atoms with van der Waals surface area (Å²) in [6.07, 6.45) is 6.33. The number of anilines is 1. The Morgan fingerprint density at radius 2 is 2.05 bits per heavy atom. The van der Waals surface area contributed by atoms with Crippen molar-refractivity contribution in [2.45, 2.75) is 59.4 Å². The first-order chi connectivity index (χ1) is 10.3. The van der Waals surface area contributed by atoms with Gasteiger partial charge in [0.2, 0.25) is 0 Å². The Kier molecular flexibility index (Phi) is 6.50. The second-order valence-electron chi connectivity index (χ2n) is 6.15. The minimum atomic E-state index is 0.908. The monoisotopic (exact) mass is 289 g/mol. The molecule has 118 valence electrons. The van der Waals surface area contributed by atoms with Gasteiger partial charge in [0.05, 0.1) is 0 Å². The number of hydrogen-bond acceptors (Lipinski definition) is 3. The van der Waals surface area contributed by atoms with Crippen molar-refractivity contribution in [1.29, 1.82) is 0 Å². The SMILES string of the molecule is CCNCc1cc(CC)nc(N2CCCC(CC)CC2)c1. The molecule has 0 amide bonds. The van der Waals surface area contributed by atoms with E-state index in [0.717, 1.165) is 32.0 Å². The van der Waals surface area contributed by atoms with E-state index < -0.39 is 0 Å². The maximum Gasteiger partial charge on any atom is 0.129 e. The largest absolute Gasteiger partial charge is 0.357 e. The quantitative estimate of drug-likeness (QED) is 0.864. The lowest BCUT2D eigenvalue weighted by atomic mass is 9.98. The Labute approximate surface area is 130 Å². The fourth-order valence-electron chi connectivity index (χ4n) is 3.15. The molecule has 1 aliphatic rings. The van der Waals surface area contributed by atoms with Crippen molar-refractivity contribution in [2.75, 3.05) is 24.5 Å².